The van der Waals surface area contributed by atoms with Gasteiger partial charge in [0.1, 0.15) is 12.4 Å². The van der Waals surface area contributed by atoms with Crippen molar-refractivity contribution in [2.75, 3.05) is 13.2 Å². The van der Waals surface area contributed by atoms with Crippen molar-refractivity contribution in [1.29, 1.82) is 0 Å². The second-order valence-electron chi connectivity index (χ2n) is 4.31. The van der Waals surface area contributed by atoms with Crippen molar-refractivity contribution in [2.24, 2.45) is 0 Å². The molecule has 1 saturated heterocycles. The van der Waals surface area contributed by atoms with Gasteiger partial charge < -0.3 is 9.47 Å². The lowest BCUT2D eigenvalue weighted by Crippen LogP contribution is -2.26. The average molecular weight is 310 g/mol. The minimum absolute atomic E-state index is 0.147. The first kappa shape index (κ1) is 14.3. The van der Waals surface area contributed by atoms with Crippen molar-refractivity contribution in [3.63, 3.8) is 0 Å². The molecule has 0 bridgehead atoms. The van der Waals surface area contributed by atoms with Gasteiger partial charge in [0.25, 0.3) is 0 Å². The van der Waals surface area contributed by atoms with Crippen molar-refractivity contribution in [2.45, 2.75) is 31.2 Å². The quantitative estimate of drug-likeness (QED) is 0.752. The van der Waals surface area contributed by atoms with E-state index in [1.807, 2.05) is 0 Å². The van der Waals surface area contributed by atoms with Gasteiger partial charge in [0.05, 0.1) is 17.0 Å². The van der Waals surface area contributed by atoms with Crippen LogP contribution >= 0.6 is 34.8 Å². The van der Waals surface area contributed by atoms with Crippen LogP contribution in [0.15, 0.2) is 12.1 Å². The summed E-state index contributed by atoms with van der Waals surface area (Å²) >= 11 is 17.9. The molecule has 18 heavy (non-hydrogen) atoms. The van der Waals surface area contributed by atoms with Crippen LogP contribution < -0.4 is 4.74 Å². The number of halogens is 3. The summed E-state index contributed by atoms with van der Waals surface area (Å²) in [6, 6.07) is 3.44. The fourth-order valence-electron chi connectivity index (χ4n) is 1.99. The summed E-state index contributed by atoms with van der Waals surface area (Å²) in [5, 5.41) is 1.06. The van der Waals surface area contributed by atoms with E-state index in [0.717, 1.165) is 25.0 Å². The minimum atomic E-state index is 0.147. The first-order valence-electron chi connectivity index (χ1n) is 5.99. The Labute approximate surface area is 122 Å². The first-order chi connectivity index (χ1) is 8.70. The number of rotatable bonds is 4. The minimum Gasteiger partial charge on any atom is -0.489 e. The molecule has 0 aromatic heterocycles. The highest BCUT2D eigenvalue weighted by atomic mass is 35.5. The maximum Gasteiger partial charge on any atom is 0.142 e. The molecule has 2 nitrogen and oxygen atoms in total. The molecule has 1 fully saturated rings. The van der Waals surface area contributed by atoms with Crippen LogP contribution in [0.3, 0.4) is 0 Å². The molecule has 1 aliphatic heterocycles. The fraction of sp³-hybridized carbons (Fsp3) is 0.538. The van der Waals surface area contributed by atoms with Crippen LogP contribution in [0, 0.1) is 0 Å². The Balaban J connectivity index is 2.03. The van der Waals surface area contributed by atoms with Crippen molar-refractivity contribution >= 4 is 34.8 Å². The Kier molecular flexibility index (Phi) is 5.43. The highest BCUT2D eigenvalue weighted by Crippen LogP contribution is 2.33. The van der Waals surface area contributed by atoms with Gasteiger partial charge in [-0.3, -0.25) is 0 Å². The van der Waals surface area contributed by atoms with Crippen molar-refractivity contribution in [3.8, 4) is 5.75 Å². The molecule has 1 aromatic rings. The zero-order valence-corrected chi connectivity index (χ0v) is 12.2. The molecule has 1 atom stereocenters. The largest absolute Gasteiger partial charge is 0.489 e. The Morgan fingerprint density at radius 2 is 2.11 bits per heavy atom. The molecule has 1 aromatic carbocycles. The first-order valence-corrected chi connectivity index (χ1v) is 7.28. The van der Waals surface area contributed by atoms with E-state index in [1.165, 1.54) is 6.42 Å². The van der Waals surface area contributed by atoms with Crippen molar-refractivity contribution in [1.82, 2.24) is 0 Å². The molecule has 100 valence electrons. The van der Waals surface area contributed by atoms with Crippen LogP contribution in [-0.2, 0) is 10.6 Å². The summed E-state index contributed by atoms with van der Waals surface area (Å²) in [5.74, 6) is 0.937. The van der Waals surface area contributed by atoms with Crippen molar-refractivity contribution < 1.29 is 9.47 Å². The van der Waals surface area contributed by atoms with E-state index < -0.39 is 0 Å². The zero-order chi connectivity index (χ0) is 13.0. The summed E-state index contributed by atoms with van der Waals surface area (Å²) in [5.41, 5.74) is 0.810. The van der Waals surface area contributed by atoms with E-state index in [0.29, 0.717) is 28.3 Å². The molecule has 0 amide bonds. The zero-order valence-electron chi connectivity index (χ0n) is 9.93. The number of benzene rings is 1. The number of alkyl halides is 1. The van der Waals surface area contributed by atoms with E-state index in [4.69, 9.17) is 44.3 Å². The highest BCUT2D eigenvalue weighted by Gasteiger charge is 2.17. The lowest BCUT2D eigenvalue weighted by Gasteiger charge is -2.23. The standard InChI is InChI=1S/C13H15Cl3O2/c14-7-9-5-10(15)6-12(16)13(9)18-8-11-3-1-2-4-17-11/h5-6,11H,1-4,7-8H2. The molecular formula is C13H15Cl3O2. The smallest absolute Gasteiger partial charge is 0.142 e. The third kappa shape index (κ3) is 3.67. The molecule has 0 radical (unpaired) electrons. The molecule has 1 aliphatic rings. The van der Waals surface area contributed by atoms with E-state index in [2.05, 4.69) is 0 Å². The number of hydrogen-bond acceptors (Lipinski definition) is 2. The second kappa shape index (κ2) is 6.85. The van der Waals surface area contributed by atoms with Gasteiger partial charge in [0.2, 0.25) is 0 Å². The highest BCUT2D eigenvalue weighted by molar-refractivity contribution is 6.35. The van der Waals surface area contributed by atoms with Crippen LogP contribution in [0.4, 0.5) is 0 Å². The Bertz CT molecular complexity index is 403. The Morgan fingerprint density at radius 3 is 2.78 bits per heavy atom. The van der Waals surface area contributed by atoms with E-state index in [-0.39, 0.29) is 6.10 Å². The molecule has 0 N–H and O–H groups in total. The summed E-state index contributed by atoms with van der Waals surface area (Å²) in [4.78, 5) is 0. The molecular weight excluding hydrogens is 294 g/mol. The number of hydrogen-bond donors (Lipinski definition) is 0. The maximum atomic E-state index is 6.12. The molecule has 0 aliphatic carbocycles. The van der Waals surface area contributed by atoms with Gasteiger partial charge in [-0.2, -0.15) is 0 Å². The topological polar surface area (TPSA) is 18.5 Å². The van der Waals surface area contributed by atoms with Crippen LogP contribution in [-0.4, -0.2) is 19.3 Å². The van der Waals surface area contributed by atoms with Gasteiger partial charge in [0.15, 0.2) is 0 Å². The predicted molar refractivity (Wildman–Crippen MR) is 75.1 cm³/mol. The van der Waals surface area contributed by atoms with Gasteiger partial charge in [-0.15, -0.1) is 11.6 Å². The second-order valence-corrected chi connectivity index (χ2v) is 5.42. The molecule has 0 spiro atoms. The summed E-state index contributed by atoms with van der Waals surface area (Å²) < 4.78 is 11.4. The van der Waals surface area contributed by atoms with Crippen LogP contribution in [0.2, 0.25) is 10.0 Å². The molecule has 1 unspecified atom stereocenters. The monoisotopic (exact) mass is 308 g/mol. The SMILES string of the molecule is ClCc1cc(Cl)cc(Cl)c1OCC1CCCCO1. The van der Waals surface area contributed by atoms with Crippen LogP contribution in [0.1, 0.15) is 24.8 Å². The third-order valence-electron chi connectivity index (χ3n) is 2.92. The summed E-state index contributed by atoms with van der Waals surface area (Å²) in [7, 11) is 0. The lowest BCUT2D eigenvalue weighted by atomic mass is 10.1. The molecule has 5 heteroatoms. The summed E-state index contributed by atoms with van der Waals surface area (Å²) in [6.45, 7) is 1.32. The van der Waals surface area contributed by atoms with Gasteiger partial charge >= 0.3 is 0 Å². The van der Waals surface area contributed by atoms with Gasteiger partial charge in [0, 0.05) is 17.2 Å². The van der Waals surface area contributed by atoms with Gasteiger partial charge in [-0.1, -0.05) is 23.2 Å². The molecule has 1 heterocycles. The molecule has 2 rings (SSSR count). The van der Waals surface area contributed by atoms with Gasteiger partial charge in [-0.05, 0) is 31.4 Å². The van der Waals surface area contributed by atoms with Crippen LogP contribution in [0.25, 0.3) is 0 Å². The summed E-state index contributed by atoms with van der Waals surface area (Å²) in [6.07, 6.45) is 3.49. The third-order valence-corrected chi connectivity index (χ3v) is 3.70. The maximum absolute atomic E-state index is 6.12. The van der Waals surface area contributed by atoms with E-state index >= 15 is 0 Å². The van der Waals surface area contributed by atoms with E-state index in [1.54, 1.807) is 12.1 Å². The Morgan fingerprint density at radius 1 is 1.28 bits per heavy atom. The fourth-order valence-corrected chi connectivity index (χ4v) is 2.78. The number of ether oxygens (including phenoxy) is 2. The van der Waals surface area contributed by atoms with E-state index in [9.17, 15) is 0 Å². The van der Waals surface area contributed by atoms with Crippen molar-refractivity contribution in [3.05, 3.63) is 27.7 Å². The average Bonchev–Trinajstić information content (AvgIpc) is 2.38. The lowest BCUT2D eigenvalue weighted by molar-refractivity contribution is -0.0111. The predicted octanol–water partition coefficient (Wildman–Crippen LogP) is 4.68. The van der Waals surface area contributed by atoms with Gasteiger partial charge in [-0.25, -0.2) is 0 Å². The normalized spacial score (nSPS) is 19.8. The molecule has 0 saturated carbocycles. The van der Waals surface area contributed by atoms with Crippen LogP contribution in [0.5, 0.6) is 5.75 Å². The Hall–Kier alpha value is -0.150.